The lowest BCUT2D eigenvalue weighted by atomic mass is 10.1. The average molecular weight is 287 g/mol. The predicted molar refractivity (Wildman–Crippen MR) is 77.6 cm³/mol. The number of thiophene rings is 1. The molecule has 1 aliphatic carbocycles. The summed E-state index contributed by atoms with van der Waals surface area (Å²) in [5.41, 5.74) is 0. The Morgan fingerprint density at radius 1 is 1.35 bits per heavy atom. The molecule has 2 aromatic rings. The maximum Gasteiger partial charge on any atom is 0.226 e. The minimum absolute atomic E-state index is 0.140. The van der Waals surface area contributed by atoms with Gasteiger partial charge < -0.3 is 9.32 Å². The van der Waals surface area contributed by atoms with Gasteiger partial charge in [0.2, 0.25) is 5.91 Å². The van der Waals surface area contributed by atoms with Gasteiger partial charge in [0.1, 0.15) is 5.76 Å². The van der Waals surface area contributed by atoms with Crippen molar-refractivity contribution in [1.29, 1.82) is 0 Å². The fourth-order valence-corrected chi connectivity index (χ4v) is 4.18. The van der Waals surface area contributed by atoms with E-state index in [1.807, 2.05) is 12.1 Å². The summed E-state index contributed by atoms with van der Waals surface area (Å²) in [6, 6.07) is 8.42. The lowest BCUT2D eigenvalue weighted by Gasteiger charge is -2.24. The van der Waals surface area contributed by atoms with E-state index in [4.69, 9.17) is 4.42 Å². The van der Waals surface area contributed by atoms with Gasteiger partial charge in [-0.25, -0.2) is 0 Å². The maximum absolute atomic E-state index is 12.7. The van der Waals surface area contributed by atoms with Crippen molar-refractivity contribution in [2.45, 2.75) is 31.2 Å². The zero-order valence-electron chi connectivity index (χ0n) is 11.2. The summed E-state index contributed by atoms with van der Waals surface area (Å²) in [6.45, 7) is 0.906. The molecular weight excluding hydrogens is 270 g/mol. The summed E-state index contributed by atoms with van der Waals surface area (Å²) in [7, 11) is 0. The van der Waals surface area contributed by atoms with Gasteiger partial charge in [0.15, 0.2) is 0 Å². The molecule has 2 aromatic heterocycles. The molecule has 3 nitrogen and oxygen atoms in total. The van der Waals surface area contributed by atoms with Gasteiger partial charge >= 0.3 is 0 Å². The molecule has 0 unspecified atom stereocenters. The molecule has 0 radical (unpaired) electrons. The Hall–Kier alpha value is -1.55. The Kier molecular flexibility index (Phi) is 2.91. The lowest BCUT2D eigenvalue weighted by molar-refractivity contribution is -0.133. The second-order valence-electron chi connectivity index (χ2n) is 5.67. The van der Waals surface area contributed by atoms with Crippen LogP contribution in [0.25, 0.3) is 0 Å². The second kappa shape index (κ2) is 4.77. The smallest absolute Gasteiger partial charge is 0.226 e. The number of carbonyl (C=O) groups excluding carboxylic acids is 1. The van der Waals surface area contributed by atoms with E-state index in [-0.39, 0.29) is 5.92 Å². The molecule has 1 aliphatic heterocycles. The summed E-state index contributed by atoms with van der Waals surface area (Å²) in [6.07, 6.45) is 4.86. The van der Waals surface area contributed by atoms with Gasteiger partial charge in [0.05, 0.1) is 12.3 Å². The first-order valence-corrected chi connectivity index (χ1v) is 8.10. The van der Waals surface area contributed by atoms with Crippen LogP contribution in [0.15, 0.2) is 40.3 Å². The first-order chi connectivity index (χ1) is 9.84. The molecule has 3 heterocycles. The summed E-state index contributed by atoms with van der Waals surface area (Å²) in [5.74, 6) is 1.74. The molecule has 0 bridgehead atoms. The van der Waals surface area contributed by atoms with E-state index in [1.54, 1.807) is 17.6 Å². The van der Waals surface area contributed by atoms with E-state index in [9.17, 15) is 4.79 Å². The van der Waals surface area contributed by atoms with Gasteiger partial charge in [-0.2, -0.15) is 0 Å². The third-order valence-corrected chi connectivity index (χ3v) is 5.40. The summed E-state index contributed by atoms with van der Waals surface area (Å²) >= 11 is 1.76. The van der Waals surface area contributed by atoms with Crippen LogP contribution in [-0.4, -0.2) is 17.4 Å². The number of carbonyl (C=O) groups is 1. The van der Waals surface area contributed by atoms with Crippen LogP contribution in [0.2, 0.25) is 0 Å². The normalized spacial score (nSPS) is 28.8. The molecule has 1 saturated heterocycles. The highest BCUT2D eigenvalue weighted by atomic mass is 32.1. The Balaban J connectivity index is 1.49. The maximum atomic E-state index is 12.7. The van der Waals surface area contributed by atoms with E-state index in [2.05, 4.69) is 22.4 Å². The van der Waals surface area contributed by atoms with E-state index < -0.39 is 0 Å². The van der Waals surface area contributed by atoms with Crippen LogP contribution in [0.1, 0.15) is 41.9 Å². The molecule has 1 saturated carbocycles. The average Bonchev–Trinajstić information content (AvgIpc) is 2.97. The molecule has 0 N–H and O–H groups in total. The first kappa shape index (κ1) is 12.2. The quantitative estimate of drug-likeness (QED) is 0.860. The largest absolute Gasteiger partial charge is 0.469 e. The van der Waals surface area contributed by atoms with Crippen LogP contribution >= 0.6 is 11.3 Å². The van der Waals surface area contributed by atoms with Crippen molar-refractivity contribution < 1.29 is 9.21 Å². The van der Waals surface area contributed by atoms with Gasteiger partial charge in [-0.1, -0.05) is 6.07 Å². The number of furan rings is 1. The molecule has 20 heavy (non-hydrogen) atoms. The fourth-order valence-electron chi connectivity index (χ4n) is 3.30. The molecule has 4 rings (SSSR count). The van der Waals surface area contributed by atoms with Gasteiger partial charge in [0, 0.05) is 23.3 Å². The summed E-state index contributed by atoms with van der Waals surface area (Å²) in [4.78, 5) is 16.1. The van der Waals surface area contributed by atoms with E-state index in [1.165, 1.54) is 4.88 Å². The second-order valence-corrected chi connectivity index (χ2v) is 6.65. The van der Waals surface area contributed by atoms with E-state index >= 15 is 0 Å². The summed E-state index contributed by atoms with van der Waals surface area (Å²) < 4.78 is 5.43. The lowest BCUT2D eigenvalue weighted by Crippen LogP contribution is -2.31. The predicted octanol–water partition coefficient (Wildman–Crippen LogP) is 3.81. The number of nitrogens with zero attached hydrogens (tertiary/aromatic N) is 1. The monoisotopic (exact) mass is 287 g/mol. The van der Waals surface area contributed by atoms with Crippen molar-refractivity contribution in [1.82, 2.24) is 4.90 Å². The highest BCUT2D eigenvalue weighted by Crippen LogP contribution is 2.50. The third kappa shape index (κ3) is 1.99. The first-order valence-electron chi connectivity index (χ1n) is 7.22. The van der Waals surface area contributed by atoms with Crippen molar-refractivity contribution in [2.24, 2.45) is 5.92 Å². The van der Waals surface area contributed by atoms with Crippen LogP contribution in [0.4, 0.5) is 0 Å². The van der Waals surface area contributed by atoms with Gasteiger partial charge in [0.25, 0.3) is 0 Å². The molecule has 2 aliphatic rings. The van der Waals surface area contributed by atoms with Crippen LogP contribution in [0.5, 0.6) is 0 Å². The minimum Gasteiger partial charge on any atom is -0.469 e. The SMILES string of the molecule is O=C([C@@H]1C[C@H]1c1ccco1)N1CCC[C@H]1c1cccs1. The Morgan fingerprint density at radius 3 is 3.05 bits per heavy atom. The third-order valence-electron chi connectivity index (χ3n) is 4.42. The molecule has 104 valence electrons. The van der Waals surface area contributed by atoms with Crippen LogP contribution < -0.4 is 0 Å². The van der Waals surface area contributed by atoms with Crippen LogP contribution in [-0.2, 0) is 4.79 Å². The molecular formula is C16H17NO2S. The number of hydrogen-bond acceptors (Lipinski definition) is 3. The molecule has 4 heteroatoms. The molecule has 0 aromatic carbocycles. The zero-order chi connectivity index (χ0) is 13.5. The standard InChI is InChI=1S/C16H17NO2S/c18-16(12-10-11(12)14-5-2-8-19-14)17-7-1-4-13(17)15-6-3-9-20-15/h2-3,5-6,8-9,11-13H,1,4,7,10H2/t11-,12-,13+/m1/s1. The molecule has 3 atom stereocenters. The fraction of sp³-hybridized carbons (Fsp3) is 0.438. The minimum atomic E-state index is 0.140. The van der Waals surface area contributed by atoms with E-state index in [0.29, 0.717) is 17.9 Å². The molecule has 2 fully saturated rings. The van der Waals surface area contributed by atoms with Crippen molar-refractivity contribution in [3.63, 3.8) is 0 Å². The van der Waals surface area contributed by atoms with Crippen molar-refractivity contribution in [3.8, 4) is 0 Å². The van der Waals surface area contributed by atoms with Crippen molar-refractivity contribution >= 4 is 17.2 Å². The number of amides is 1. The van der Waals surface area contributed by atoms with E-state index in [0.717, 1.165) is 31.6 Å². The zero-order valence-corrected chi connectivity index (χ0v) is 12.0. The molecule has 0 spiro atoms. The van der Waals surface area contributed by atoms with Crippen LogP contribution in [0.3, 0.4) is 0 Å². The Morgan fingerprint density at radius 2 is 2.30 bits per heavy atom. The topological polar surface area (TPSA) is 33.5 Å². The van der Waals surface area contributed by atoms with Crippen molar-refractivity contribution in [3.05, 3.63) is 46.5 Å². The van der Waals surface area contributed by atoms with Gasteiger partial charge in [-0.05, 0) is 42.8 Å². The molecule has 1 amide bonds. The van der Waals surface area contributed by atoms with Crippen molar-refractivity contribution in [2.75, 3.05) is 6.54 Å². The Bertz CT molecular complexity index is 590. The summed E-state index contributed by atoms with van der Waals surface area (Å²) in [5, 5.41) is 2.10. The Labute approximate surface area is 122 Å². The van der Waals surface area contributed by atoms with Gasteiger partial charge in [-0.15, -0.1) is 11.3 Å². The van der Waals surface area contributed by atoms with Crippen LogP contribution in [0, 0.1) is 5.92 Å². The highest BCUT2D eigenvalue weighted by Gasteiger charge is 2.49. The van der Waals surface area contributed by atoms with Gasteiger partial charge in [-0.3, -0.25) is 4.79 Å². The number of rotatable bonds is 3. The number of hydrogen-bond donors (Lipinski definition) is 0. The highest BCUT2D eigenvalue weighted by molar-refractivity contribution is 7.10. The number of likely N-dealkylation sites (tertiary alicyclic amines) is 1.